The predicted molar refractivity (Wildman–Crippen MR) is 124 cm³/mol. The Kier molecular flexibility index (Phi) is 9.89. The van der Waals surface area contributed by atoms with Gasteiger partial charge in [-0.25, -0.2) is 4.79 Å². The first-order valence-corrected chi connectivity index (χ1v) is 11.0. The van der Waals surface area contributed by atoms with E-state index in [1.807, 2.05) is 32.1 Å². The van der Waals surface area contributed by atoms with Gasteiger partial charge in [0.25, 0.3) is 0 Å². The lowest BCUT2D eigenvalue weighted by Gasteiger charge is -2.40. The number of rotatable bonds is 9. The maximum Gasteiger partial charge on any atom is 0.410 e. The number of hydrogen-bond acceptors (Lipinski definition) is 4. The smallest absolute Gasteiger partial charge is 0.410 e. The van der Waals surface area contributed by atoms with Crippen LogP contribution in [-0.2, 0) is 9.47 Å². The first-order valence-electron chi connectivity index (χ1n) is 10.6. The van der Waals surface area contributed by atoms with Gasteiger partial charge in [0, 0.05) is 44.4 Å². The first-order chi connectivity index (χ1) is 14.4. The summed E-state index contributed by atoms with van der Waals surface area (Å²) < 4.78 is 10.7. The highest BCUT2D eigenvalue weighted by Crippen LogP contribution is 2.33. The molecule has 2 rings (SSSR count). The van der Waals surface area contributed by atoms with E-state index >= 15 is 0 Å². The highest BCUT2D eigenvalue weighted by molar-refractivity contribution is 6.30. The quantitative estimate of drug-likeness (QED) is 0.477. The largest absolute Gasteiger partial charge is 0.444 e. The molecule has 1 aromatic rings. The van der Waals surface area contributed by atoms with Gasteiger partial charge in [-0.15, -0.1) is 6.58 Å². The molecular weight excluding hydrogens is 400 g/mol. The zero-order valence-corrected chi connectivity index (χ0v) is 19.5. The highest BCUT2D eigenvalue weighted by Gasteiger charge is 2.29. The fraction of sp³-hybridized carbons (Fsp3) is 0.542. The standard InChI is InChI=1S/C24H35ClN2O3/c1-6-8-19-16-20(25)9-10-22(19)23(15-18(3)4)26-11-13-27(14-12-26)24(28)30-21(7-2)17-29-5/h6,8-10,16,21,23H,3,7,11-15,17H2,1-2,4-5H3/b8-6-/t21-,23-/m1/s1. The molecule has 0 aliphatic carbocycles. The molecule has 1 aliphatic rings. The number of hydrogen-bond donors (Lipinski definition) is 0. The number of carbonyl (C=O) groups excluding carboxylic acids is 1. The van der Waals surface area contributed by atoms with Crippen LogP contribution in [0.2, 0.25) is 5.02 Å². The van der Waals surface area contributed by atoms with Crippen LogP contribution in [0.5, 0.6) is 0 Å². The minimum atomic E-state index is -0.254. The second kappa shape index (κ2) is 12.1. The maximum absolute atomic E-state index is 12.5. The molecule has 1 heterocycles. The van der Waals surface area contributed by atoms with Gasteiger partial charge in [-0.3, -0.25) is 4.90 Å². The third kappa shape index (κ3) is 6.86. The van der Waals surface area contributed by atoms with Crippen LogP contribution in [0.1, 0.15) is 50.8 Å². The van der Waals surface area contributed by atoms with E-state index < -0.39 is 0 Å². The van der Waals surface area contributed by atoms with Crippen molar-refractivity contribution in [1.29, 1.82) is 0 Å². The molecule has 2 atom stereocenters. The summed E-state index contributed by atoms with van der Waals surface area (Å²) in [5, 5.41) is 0.732. The molecule has 1 aromatic carbocycles. The minimum absolute atomic E-state index is 0.195. The van der Waals surface area contributed by atoms with Gasteiger partial charge in [0.1, 0.15) is 6.10 Å². The molecule has 0 bridgehead atoms. The van der Waals surface area contributed by atoms with Crippen LogP contribution in [-0.4, -0.2) is 61.9 Å². The Balaban J connectivity index is 2.11. The van der Waals surface area contributed by atoms with Crippen molar-refractivity contribution in [1.82, 2.24) is 9.80 Å². The van der Waals surface area contributed by atoms with Crippen LogP contribution >= 0.6 is 11.6 Å². The molecule has 0 unspecified atom stereocenters. The summed E-state index contributed by atoms with van der Waals surface area (Å²) in [5.41, 5.74) is 3.50. The Morgan fingerprint density at radius 3 is 2.57 bits per heavy atom. The van der Waals surface area contributed by atoms with E-state index in [-0.39, 0.29) is 18.2 Å². The van der Waals surface area contributed by atoms with Crippen molar-refractivity contribution in [3.63, 3.8) is 0 Å². The van der Waals surface area contributed by atoms with E-state index in [4.69, 9.17) is 21.1 Å². The molecule has 0 aromatic heterocycles. The van der Waals surface area contributed by atoms with Crippen LogP contribution in [0.4, 0.5) is 4.79 Å². The van der Waals surface area contributed by atoms with E-state index in [2.05, 4.69) is 30.5 Å². The number of nitrogens with zero attached hydrogens (tertiary/aromatic N) is 2. The molecule has 6 heteroatoms. The van der Waals surface area contributed by atoms with Gasteiger partial charge in [-0.1, -0.05) is 42.3 Å². The van der Waals surface area contributed by atoms with Crippen molar-refractivity contribution in [2.75, 3.05) is 39.9 Å². The molecule has 1 saturated heterocycles. The van der Waals surface area contributed by atoms with Crippen LogP contribution in [0.15, 0.2) is 36.4 Å². The van der Waals surface area contributed by atoms with Crippen LogP contribution in [0.3, 0.4) is 0 Å². The summed E-state index contributed by atoms with van der Waals surface area (Å²) in [4.78, 5) is 16.8. The summed E-state index contributed by atoms with van der Waals surface area (Å²) in [7, 11) is 1.62. The van der Waals surface area contributed by atoms with Crippen molar-refractivity contribution < 1.29 is 14.3 Å². The van der Waals surface area contributed by atoms with E-state index in [0.717, 1.165) is 42.1 Å². The van der Waals surface area contributed by atoms with Gasteiger partial charge in [0.05, 0.1) is 6.61 Å². The molecule has 30 heavy (non-hydrogen) atoms. The third-order valence-electron chi connectivity index (χ3n) is 5.38. The van der Waals surface area contributed by atoms with Crippen molar-refractivity contribution >= 4 is 23.8 Å². The van der Waals surface area contributed by atoms with E-state index in [9.17, 15) is 4.79 Å². The maximum atomic E-state index is 12.5. The van der Waals surface area contributed by atoms with Crippen molar-refractivity contribution in [2.24, 2.45) is 0 Å². The van der Waals surface area contributed by atoms with Gasteiger partial charge in [0.15, 0.2) is 0 Å². The second-order valence-corrected chi connectivity index (χ2v) is 8.28. The molecule has 1 fully saturated rings. The van der Waals surface area contributed by atoms with E-state index in [1.165, 1.54) is 5.56 Å². The fourth-order valence-electron chi connectivity index (χ4n) is 3.79. The lowest BCUT2D eigenvalue weighted by molar-refractivity contribution is 0.00720. The molecule has 0 radical (unpaired) electrons. The second-order valence-electron chi connectivity index (χ2n) is 7.84. The average Bonchev–Trinajstić information content (AvgIpc) is 2.72. The molecule has 1 aliphatic heterocycles. The minimum Gasteiger partial charge on any atom is -0.444 e. The Bertz CT molecular complexity index is 742. The molecule has 0 N–H and O–H groups in total. The van der Waals surface area contributed by atoms with Crippen molar-refractivity contribution in [2.45, 2.75) is 45.8 Å². The Morgan fingerprint density at radius 1 is 1.30 bits per heavy atom. The van der Waals surface area contributed by atoms with Crippen molar-refractivity contribution in [3.05, 3.63) is 52.6 Å². The third-order valence-corrected chi connectivity index (χ3v) is 5.62. The summed E-state index contributed by atoms with van der Waals surface area (Å²) in [5.74, 6) is 0. The number of carbonyl (C=O) groups is 1. The monoisotopic (exact) mass is 434 g/mol. The number of amides is 1. The fourth-order valence-corrected chi connectivity index (χ4v) is 3.97. The summed E-state index contributed by atoms with van der Waals surface area (Å²) >= 11 is 6.25. The summed E-state index contributed by atoms with van der Waals surface area (Å²) in [6.07, 6.45) is 5.28. The molecule has 166 valence electrons. The highest BCUT2D eigenvalue weighted by atomic mass is 35.5. The van der Waals surface area contributed by atoms with Crippen LogP contribution < -0.4 is 0 Å². The van der Waals surface area contributed by atoms with E-state index in [1.54, 1.807) is 12.0 Å². The SMILES string of the molecule is C=C(C)C[C@H](c1ccc(Cl)cc1/C=C\C)N1CCN(C(=O)O[C@H](CC)COC)CC1. The number of ether oxygens (including phenoxy) is 2. The summed E-state index contributed by atoms with van der Waals surface area (Å²) in [6, 6.07) is 6.27. The number of halogens is 1. The first kappa shape index (κ1) is 24.4. The Labute approximate surface area is 186 Å². The molecular formula is C24H35ClN2O3. The lowest BCUT2D eigenvalue weighted by atomic mass is 9.93. The van der Waals surface area contributed by atoms with E-state index in [0.29, 0.717) is 19.7 Å². The van der Waals surface area contributed by atoms with Crippen molar-refractivity contribution in [3.8, 4) is 0 Å². The van der Waals surface area contributed by atoms with Gasteiger partial charge >= 0.3 is 6.09 Å². The lowest BCUT2D eigenvalue weighted by Crippen LogP contribution is -2.50. The molecule has 0 saturated carbocycles. The predicted octanol–water partition coefficient (Wildman–Crippen LogP) is 5.56. The zero-order valence-electron chi connectivity index (χ0n) is 18.7. The summed E-state index contributed by atoms with van der Waals surface area (Å²) in [6.45, 7) is 13.5. The van der Waals surface area contributed by atoms with Gasteiger partial charge in [-0.2, -0.15) is 0 Å². The number of allylic oxidation sites excluding steroid dienone is 1. The number of methoxy groups -OCH3 is 1. The number of benzene rings is 1. The van der Waals surface area contributed by atoms with Gasteiger partial charge in [-0.05, 0) is 49.9 Å². The van der Waals surface area contributed by atoms with Crippen LogP contribution in [0.25, 0.3) is 6.08 Å². The Morgan fingerprint density at radius 2 is 2.00 bits per heavy atom. The van der Waals surface area contributed by atoms with Gasteiger partial charge in [0.2, 0.25) is 0 Å². The molecule has 1 amide bonds. The normalized spacial score (nSPS) is 17.2. The molecule has 5 nitrogen and oxygen atoms in total. The number of piperazine rings is 1. The Hall–Kier alpha value is -1.82. The molecule has 0 spiro atoms. The van der Waals surface area contributed by atoms with Gasteiger partial charge < -0.3 is 14.4 Å². The zero-order chi connectivity index (χ0) is 22.1. The topological polar surface area (TPSA) is 42.0 Å². The van der Waals surface area contributed by atoms with Crippen LogP contribution in [0, 0.1) is 0 Å². The average molecular weight is 435 g/mol.